The van der Waals surface area contributed by atoms with Crippen molar-refractivity contribution in [2.75, 3.05) is 0 Å². The summed E-state index contributed by atoms with van der Waals surface area (Å²) in [5.41, 5.74) is 2.92. The van der Waals surface area contributed by atoms with Gasteiger partial charge in [0.15, 0.2) is 0 Å². The second-order valence-corrected chi connectivity index (χ2v) is 5.31. The molecule has 96 valence electrons. The predicted octanol–water partition coefficient (Wildman–Crippen LogP) is 1.42. The van der Waals surface area contributed by atoms with Crippen molar-refractivity contribution in [1.29, 1.82) is 0 Å². The van der Waals surface area contributed by atoms with Crippen molar-refractivity contribution in [2.24, 2.45) is 11.8 Å². The Morgan fingerprint density at radius 1 is 1.53 bits per heavy atom. The second kappa shape index (κ2) is 5.60. The summed E-state index contributed by atoms with van der Waals surface area (Å²) in [6.07, 6.45) is 7.74. The summed E-state index contributed by atoms with van der Waals surface area (Å²) < 4.78 is 1.98. The monoisotopic (exact) mass is 237 g/mol. The summed E-state index contributed by atoms with van der Waals surface area (Å²) >= 11 is 0. The van der Waals surface area contributed by atoms with Crippen LogP contribution in [-0.4, -0.2) is 20.8 Å². The highest BCUT2D eigenvalue weighted by Gasteiger charge is 2.23. The molecule has 0 spiro atoms. The van der Waals surface area contributed by atoms with Gasteiger partial charge in [0.1, 0.15) is 12.2 Å². The summed E-state index contributed by atoms with van der Waals surface area (Å²) in [5.74, 6) is 7.52. The SMILES string of the molecule is CC(C)n1ncnc1CC(CC1CCC1)NN. The van der Waals surface area contributed by atoms with E-state index in [1.807, 2.05) is 4.68 Å². The molecule has 2 rings (SSSR count). The molecule has 1 aliphatic rings. The zero-order chi connectivity index (χ0) is 12.3. The van der Waals surface area contributed by atoms with Gasteiger partial charge < -0.3 is 0 Å². The van der Waals surface area contributed by atoms with Crippen LogP contribution in [0.1, 0.15) is 51.4 Å². The van der Waals surface area contributed by atoms with Crippen molar-refractivity contribution in [3.8, 4) is 0 Å². The Morgan fingerprint density at radius 3 is 2.82 bits per heavy atom. The molecule has 0 radical (unpaired) electrons. The third-order valence-electron chi connectivity index (χ3n) is 3.64. The number of hydrogen-bond acceptors (Lipinski definition) is 4. The van der Waals surface area contributed by atoms with Crippen LogP contribution in [0.2, 0.25) is 0 Å². The van der Waals surface area contributed by atoms with E-state index in [4.69, 9.17) is 5.84 Å². The fraction of sp³-hybridized carbons (Fsp3) is 0.833. The lowest BCUT2D eigenvalue weighted by atomic mass is 9.80. The summed E-state index contributed by atoms with van der Waals surface area (Å²) in [4.78, 5) is 4.33. The zero-order valence-electron chi connectivity index (χ0n) is 10.8. The first-order valence-corrected chi connectivity index (χ1v) is 6.55. The van der Waals surface area contributed by atoms with Gasteiger partial charge in [0.2, 0.25) is 0 Å². The van der Waals surface area contributed by atoms with E-state index >= 15 is 0 Å². The summed E-state index contributed by atoms with van der Waals surface area (Å²) in [6.45, 7) is 4.24. The number of hydrazine groups is 1. The van der Waals surface area contributed by atoms with Crippen LogP contribution in [0.3, 0.4) is 0 Å². The van der Waals surface area contributed by atoms with E-state index in [9.17, 15) is 0 Å². The molecule has 1 aromatic heterocycles. The molecule has 0 aromatic carbocycles. The van der Waals surface area contributed by atoms with Crippen molar-refractivity contribution in [2.45, 2.75) is 58.0 Å². The number of nitrogens with zero attached hydrogens (tertiary/aromatic N) is 3. The standard InChI is InChI=1S/C12H23N5/c1-9(2)17-12(14-8-15-17)7-11(16-13)6-10-4-3-5-10/h8-11,16H,3-7,13H2,1-2H3. The fourth-order valence-corrected chi connectivity index (χ4v) is 2.41. The Balaban J connectivity index is 1.94. The molecule has 3 N–H and O–H groups in total. The number of rotatable bonds is 6. The highest BCUT2D eigenvalue weighted by Crippen LogP contribution is 2.30. The van der Waals surface area contributed by atoms with Gasteiger partial charge in [-0.15, -0.1) is 0 Å². The Morgan fingerprint density at radius 2 is 2.29 bits per heavy atom. The van der Waals surface area contributed by atoms with Gasteiger partial charge in [0, 0.05) is 18.5 Å². The van der Waals surface area contributed by atoms with Crippen molar-refractivity contribution in [3.63, 3.8) is 0 Å². The summed E-state index contributed by atoms with van der Waals surface area (Å²) in [5, 5.41) is 4.25. The molecule has 5 heteroatoms. The van der Waals surface area contributed by atoms with Gasteiger partial charge in [-0.05, 0) is 26.2 Å². The zero-order valence-corrected chi connectivity index (χ0v) is 10.8. The van der Waals surface area contributed by atoms with Crippen LogP contribution in [0.4, 0.5) is 0 Å². The molecule has 0 saturated heterocycles. The second-order valence-electron chi connectivity index (χ2n) is 5.31. The topological polar surface area (TPSA) is 68.8 Å². The molecule has 1 saturated carbocycles. The Hall–Kier alpha value is -0.940. The molecule has 1 heterocycles. The summed E-state index contributed by atoms with van der Waals surface area (Å²) in [7, 11) is 0. The molecule has 1 fully saturated rings. The third-order valence-corrected chi connectivity index (χ3v) is 3.64. The van der Waals surface area contributed by atoms with Crippen LogP contribution >= 0.6 is 0 Å². The molecular weight excluding hydrogens is 214 g/mol. The molecule has 1 unspecified atom stereocenters. The minimum atomic E-state index is 0.321. The van der Waals surface area contributed by atoms with Crippen LogP contribution in [0.5, 0.6) is 0 Å². The lowest BCUT2D eigenvalue weighted by Crippen LogP contribution is -2.40. The number of aromatic nitrogens is 3. The van der Waals surface area contributed by atoms with Gasteiger partial charge in [0.05, 0.1) is 0 Å². The van der Waals surface area contributed by atoms with Crippen LogP contribution in [0, 0.1) is 5.92 Å². The van der Waals surface area contributed by atoms with Crippen LogP contribution in [0.15, 0.2) is 6.33 Å². The van der Waals surface area contributed by atoms with E-state index in [1.165, 1.54) is 19.3 Å². The molecule has 1 atom stereocenters. The van der Waals surface area contributed by atoms with Crippen molar-refractivity contribution >= 4 is 0 Å². The third kappa shape index (κ3) is 3.04. The number of nitrogens with one attached hydrogen (secondary N) is 1. The lowest BCUT2D eigenvalue weighted by molar-refractivity contribution is 0.257. The van der Waals surface area contributed by atoms with Gasteiger partial charge in [0.25, 0.3) is 0 Å². The molecule has 1 aromatic rings. The summed E-state index contributed by atoms with van der Waals surface area (Å²) in [6, 6.07) is 0.677. The van der Waals surface area contributed by atoms with E-state index in [0.29, 0.717) is 12.1 Å². The van der Waals surface area contributed by atoms with Gasteiger partial charge in [-0.25, -0.2) is 9.67 Å². The molecule has 0 amide bonds. The smallest absolute Gasteiger partial charge is 0.138 e. The minimum Gasteiger partial charge on any atom is -0.271 e. The normalized spacial score (nSPS) is 18.4. The van der Waals surface area contributed by atoms with Gasteiger partial charge in [-0.2, -0.15) is 5.10 Å². The molecule has 0 aliphatic heterocycles. The first-order valence-electron chi connectivity index (χ1n) is 6.55. The molecular formula is C12H23N5. The fourth-order valence-electron chi connectivity index (χ4n) is 2.41. The maximum absolute atomic E-state index is 5.64. The largest absolute Gasteiger partial charge is 0.271 e. The minimum absolute atomic E-state index is 0.321. The van der Waals surface area contributed by atoms with E-state index in [2.05, 4.69) is 29.4 Å². The van der Waals surface area contributed by atoms with Gasteiger partial charge in [-0.1, -0.05) is 19.3 Å². The molecule has 0 bridgehead atoms. The molecule has 1 aliphatic carbocycles. The Labute approximate surface area is 103 Å². The number of nitrogens with two attached hydrogens (primary N) is 1. The Kier molecular flexibility index (Phi) is 4.12. The molecule has 5 nitrogen and oxygen atoms in total. The van der Waals surface area contributed by atoms with Crippen molar-refractivity contribution < 1.29 is 0 Å². The predicted molar refractivity (Wildman–Crippen MR) is 67.2 cm³/mol. The lowest BCUT2D eigenvalue weighted by Gasteiger charge is -2.29. The van der Waals surface area contributed by atoms with Crippen LogP contribution in [-0.2, 0) is 6.42 Å². The van der Waals surface area contributed by atoms with Crippen LogP contribution < -0.4 is 11.3 Å². The van der Waals surface area contributed by atoms with E-state index in [1.54, 1.807) is 6.33 Å². The quantitative estimate of drug-likeness (QED) is 0.580. The average Bonchev–Trinajstić information content (AvgIpc) is 2.69. The first-order chi connectivity index (χ1) is 8.20. The first kappa shape index (κ1) is 12.5. The average molecular weight is 237 g/mol. The van der Waals surface area contributed by atoms with Crippen LogP contribution in [0.25, 0.3) is 0 Å². The highest BCUT2D eigenvalue weighted by molar-refractivity contribution is 4.92. The Bertz CT molecular complexity index is 342. The maximum atomic E-state index is 5.64. The van der Waals surface area contributed by atoms with E-state index in [-0.39, 0.29) is 0 Å². The van der Waals surface area contributed by atoms with E-state index < -0.39 is 0 Å². The van der Waals surface area contributed by atoms with Gasteiger partial charge >= 0.3 is 0 Å². The van der Waals surface area contributed by atoms with Gasteiger partial charge in [-0.3, -0.25) is 11.3 Å². The maximum Gasteiger partial charge on any atom is 0.138 e. The highest BCUT2D eigenvalue weighted by atomic mass is 15.3. The number of hydrogen-bond donors (Lipinski definition) is 2. The van der Waals surface area contributed by atoms with E-state index in [0.717, 1.165) is 24.6 Å². The van der Waals surface area contributed by atoms with Crippen molar-refractivity contribution in [3.05, 3.63) is 12.2 Å². The molecule has 17 heavy (non-hydrogen) atoms. The van der Waals surface area contributed by atoms with Crippen molar-refractivity contribution in [1.82, 2.24) is 20.2 Å².